The zero-order valence-electron chi connectivity index (χ0n) is 16.0. The summed E-state index contributed by atoms with van der Waals surface area (Å²) in [4.78, 5) is 17.2. The first-order chi connectivity index (χ1) is 14.2. The molecule has 3 aromatic carbocycles. The molecule has 0 radical (unpaired) electrons. The molecule has 0 spiro atoms. The molecule has 0 saturated heterocycles. The number of carbonyl (C=O) groups is 1. The van der Waals surface area contributed by atoms with Crippen LogP contribution in [0.3, 0.4) is 0 Å². The highest BCUT2D eigenvalue weighted by molar-refractivity contribution is 7.13. The first-order valence-electron chi connectivity index (χ1n) is 9.02. The number of nitrogens with zero attached hydrogens (tertiary/aromatic N) is 1. The van der Waals surface area contributed by atoms with Crippen LogP contribution in [-0.4, -0.2) is 25.2 Å². The summed E-state index contributed by atoms with van der Waals surface area (Å²) in [6.45, 7) is 0.102. The maximum atomic E-state index is 12.6. The number of hydrogen-bond acceptors (Lipinski definition) is 6. The van der Waals surface area contributed by atoms with Crippen LogP contribution in [0.2, 0.25) is 0 Å². The number of thiazole rings is 1. The van der Waals surface area contributed by atoms with E-state index in [0.717, 1.165) is 21.3 Å². The molecular formula is C23H19NO4S. The lowest BCUT2D eigenvalue weighted by molar-refractivity contribution is 0.0471. The summed E-state index contributed by atoms with van der Waals surface area (Å²) in [6.07, 6.45) is 0. The second-order valence-corrected chi connectivity index (χ2v) is 7.15. The molecule has 1 heterocycles. The minimum Gasteiger partial charge on any atom is -0.493 e. The van der Waals surface area contributed by atoms with Gasteiger partial charge in [-0.2, -0.15) is 0 Å². The van der Waals surface area contributed by atoms with Crippen LogP contribution in [0.1, 0.15) is 16.1 Å². The maximum absolute atomic E-state index is 12.6. The van der Waals surface area contributed by atoms with Gasteiger partial charge in [0, 0.05) is 5.38 Å². The van der Waals surface area contributed by atoms with E-state index in [2.05, 4.69) is 4.98 Å². The van der Waals surface area contributed by atoms with Gasteiger partial charge in [-0.25, -0.2) is 9.78 Å². The van der Waals surface area contributed by atoms with Crippen LogP contribution in [0, 0.1) is 0 Å². The van der Waals surface area contributed by atoms with E-state index in [1.165, 1.54) is 11.3 Å². The number of benzene rings is 3. The zero-order chi connectivity index (χ0) is 20.2. The summed E-state index contributed by atoms with van der Waals surface area (Å²) in [7, 11) is 3.20. The number of ether oxygens (including phenoxy) is 3. The van der Waals surface area contributed by atoms with Gasteiger partial charge in [0.05, 0.1) is 31.0 Å². The number of para-hydroxylation sites is 1. The van der Waals surface area contributed by atoms with Crippen molar-refractivity contribution in [1.82, 2.24) is 4.98 Å². The molecule has 0 amide bonds. The van der Waals surface area contributed by atoms with E-state index in [0.29, 0.717) is 22.8 Å². The molecule has 4 rings (SSSR count). The Labute approximate surface area is 172 Å². The van der Waals surface area contributed by atoms with Crippen LogP contribution < -0.4 is 9.47 Å². The van der Waals surface area contributed by atoms with Gasteiger partial charge in [-0.1, -0.05) is 42.5 Å². The fourth-order valence-corrected chi connectivity index (χ4v) is 4.00. The minimum atomic E-state index is -0.365. The monoisotopic (exact) mass is 405 g/mol. The average molecular weight is 405 g/mol. The standard InChI is InChI=1S/C23H19NO4S/c1-26-20-12-6-11-19(21(20)27-2)22-24-16(14-29-22)13-28-23(25)18-10-5-8-15-7-3-4-9-17(15)18/h3-12,14H,13H2,1-2H3. The van der Waals surface area contributed by atoms with Crippen molar-refractivity contribution < 1.29 is 19.0 Å². The molecule has 0 N–H and O–H groups in total. The largest absolute Gasteiger partial charge is 0.493 e. The Morgan fingerprint density at radius 3 is 2.59 bits per heavy atom. The fourth-order valence-electron chi connectivity index (χ4n) is 3.17. The van der Waals surface area contributed by atoms with Gasteiger partial charge >= 0.3 is 5.97 Å². The van der Waals surface area contributed by atoms with Gasteiger partial charge in [0.15, 0.2) is 11.5 Å². The van der Waals surface area contributed by atoms with E-state index in [9.17, 15) is 4.79 Å². The van der Waals surface area contributed by atoms with Gasteiger partial charge in [-0.15, -0.1) is 11.3 Å². The van der Waals surface area contributed by atoms with E-state index >= 15 is 0 Å². The third kappa shape index (κ3) is 3.79. The number of fused-ring (bicyclic) bond motifs is 1. The Hall–Kier alpha value is -3.38. The van der Waals surface area contributed by atoms with E-state index in [1.807, 2.05) is 60.0 Å². The molecule has 6 heteroatoms. The molecule has 0 bridgehead atoms. The lowest BCUT2D eigenvalue weighted by atomic mass is 10.1. The van der Waals surface area contributed by atoms with E-state index in [-0.39, 0.29) is 12.6 Å². The molecule has 1 aromatic heterocycles. The summed E-state index contributed by atoms with van der Waals surface area (Å²) >= 11 is 1.46. The summed E-state index contributed by atoms with van der Waals surface area (Å²) < 4.78 is 16.4. The highest BCUT2D eigenvalue weighted by Crippen LogP contribution is 2.39. The molecule has 0 saturated carbocycles. The second kappa shape index (κ2) is 8.32. The minimum absolute atomic E-state index is 0.102. The molecule has 0 aliphatic rings. The van der Waals surface area contributed by atoms with Crippen LogP contribution in [0.5, 0.6) is 11.5 Å². The molecule has 5 nitrogen and oxygen atoms in total. The number of hydrogen-bond donors (Lipinski definition) is 0. The number of aromatic nitrogens is 1. The third-order valence-corrected chi connectivity index (χ3v) is 5.47. The molecule has 0 fully saturated rings. The van der Waals surface area contributed by atoms with Crippen molar-refractivity contribution in [3.05, 3.63) is 77.3 Å². The Kier molecular flexibility index (Phi) is 5.44. The van der Waals surface area contributed by atoms with Gasteiger partial charge in [-0.05, 0) is 29.0 Å². The van der Waals surface area contributed by atoms with Crippen LogP contribution in [0.15, 0.2) is 66.0 Å². The third-order valence-electron chi connectivity index (χ3n) is 4.55. The molecule has 0 aliphatic carbocycles. The predicted octanol–water partition coefficient (Wildman–Crippen LogP) is 5.34. The molecule has 4 aromatic rings. The van der Waals surface area contributed by atoms with Gasteiger partial charge < -0.3 is 14.2 Å². The SMILES string of the molecule is COc1cccc(-c2nc(COC(=O)c3cccc4ccccc34)cs2)c1OC. The fraction of sp³-hybridized carbons (Fsp3) is 0.130. The topological polar surface area (TPSA) is 57.7 Å². The Morgan fingerprint density at radius 2 is 1.76 bits per heavy atom. The summed E-state index contributed by atoms with van der Waals surface area (Å²) in [5, 5.41) is 4.53. The lowest BCUT2D eigenvalue weighted by Crippen LogP contribution is -2.06. The zero-order valence-corrected chi connectivity index (χ0v) is 16.9. The first kappa shape index (κ1) is 19.0. The second-order valence-electron chi connectivity index (χ2n) is 6.29. The van der Waals surface area contributed by atoms with E-state index in [4.69, 9.17) is 14.2 Å². The average Bonchev–Trinajstić information content (AvgIpc) is 3.25. The quantitative estimate of drug-likeness (QED) is 0.406. The summed E-state index contributed by atoms with van der Waals surface area (Å²) in [5.41, 5.74) is 2.07. The van der Waals surface area contributed by atoms with Crippen molar-refractivity contribution in [1.29, 1.82) is 0 Å². The number of esters is 1. The van der Waals surface area contributed by atoms with Crippen molar-refractivity contribution in [2.24, 2.45) is 0 Å². The van der Waals surface area contributed by atoms with Gasteiger partial charge in [0.25, 0.3) is 0 Å². The normalized spacial score (nSPS) is 10.7. The molecule has 0 aliphatic heterocycles. The Morgan fingerprint density at radius 1 is 0.966 bits per heavy atom. The predicted molar refractivity (Wildman–Crippen MR) is 114 cm³/mol. The van der Waals surface area contributed by atoms with E-state index in [1.54, 1.807) is 20.3 Å². The lowest BCUT2D eigenvalue weighted by Gasteiger charge is -2.10. The van der Waals surface area contributed by atoms with Crippen molar-refractivity contribution in [3.8, 4) is 22.1 Å². The number of carbonyl (C=O) groups excluding carboxylic acids is 1. The first-order valence-corrected chi connectivity index (χ1v) is 9.90. The van der Waals surface area contributed by atoms with Crippen LogP contribution in [-0.2, 0) is 11.3 Å². The van der Waals surface area contributed by atoms with Crippen LogP contribution in [0.25, 0.3) is 21.3 Å². The van der Waals surface area contributed by atoms with Crippen molar-refractivity contribution in [3.63, 3.8) is 0 Å². The van der Waals surface area contributed by atoms with Crippen LogP contribution in [0.4, 0.5) is 0 Å². The summed E-state index contributed by atoms with van der Waals surface area (Å²) in [5.74, 6) is 0.906. The van der Waals surface area contributed by atoms with Gasteiger partial charge in [0.2, 0.25) is 0 Å². The molecule has 0 unspecified atom stereocenters. The molecule has 0 atom stereocenters. The Balaban J connectivity index is 1.52. The molecular weight excluding hydrogens is 386 g/mol. The highest BCUT2D eigenvalue weighted by atomic mass is 32.1. The van der Waals surface area contributed by atoms with Crippen LogP contribution >= 0.6 is 11.3 Å². The van der Waals surface area contributed by atoms with Crippen molar-refractivity contribution in [2.45, 2.75) is 6.61 Å². The highest BCUT2D eigenvalue weighted by Gasteiger charge is 2.16. The smallest absolute Gasteiger partial charge is 0.339 e. The Bertz CT molecular complexity index is 1160. The summed E-state index contributed by atoms with van der Waals surface area (Å²) in [6, 6.07) is 19.0. The number of rotatable bonds is 6. The molecule has 29 heavy (non-hydrogen) atoms. The van der Waals surface area contributed by atoms with Crippen molar-refractivity contribution in [2.75, 3.05) is 14.2 Å². The number of methoxy groups -OCH3 is 2. The van der Waals surface area contributed by atoms with Gasteiger partial charge in [-0.3, -0.25) is 0 Å². The van der Waals surface area contributed by atoms with Gasteiger partial charge in [0.1, 0.15) is 11.6 Å². The van der Waals surface area contributed by atoms with E-state index < -0.39 is 0 Å². The molecule has 146 valence electrons. The van der Waals surface area contributed by atoms with Crippen molar-refractivity contribution >= 4 is 28.1 Å². The maximum Gasteiger partial charge on any atom is 0.339 e.